The van der Waals surface area contributed by atoms with Gasteiger partial charge in [-0.2, -0.15) is 17.5 Å². The van der Waals surface area contributed by atoms with Crippen LogP contribution in [0.3, 0.4) is 0 Å². The number of nitrogens with zero attached hydrogens (tertiary/aromatic N) is 1. The minimum absolute atomic E-state index is 0.0550. The molecule has 0 aliphatic carbocycles. The Morgan fingerprint density at radius 2 is 1.89 bits per heavy atom. The van der Waals surface area contributed by atoms with Crippen LogP contribution in [-0.2, 0) is 10.0 Å². The lowest BCUT2D eigenvalue weighted by atomic mass is 10.2. The summed E-state index contributed by atoms with van der Waals surface area (Å²) in [6.07, 6.45) is -4.60. The lowest BCUT2D eigenvalue weighted by molar-refractivity contribution is -0.135. The van der Waals surface area contributed by atoms with Crippen molar-refractivity contribution in [3.8, 4) is 0 Å². The second-order valence-electron chi connectivity index (χ2n) is 4.04. The van der Waals surface area contributed by atoms with Crippen LogP contribution in [-0.4, -0.2) is 32.0 Å². The maximum Gasteiger partial charge on any atom is 0.402 e. The van der Waals surface area contributed by atoms with Crippen LogP contribution in [0, 0.1) is 6.92 Å². The molecule has 1 aromatic carbocycles. The predicted molar refractivity (Wildman–Crippen MR) is 66.1 cm³/mol. The second-order valence-corrected chi connectivity index (χ2v) is 5.91. The van der Waals surface area contributed by atoms with E-state index in [9.17, 15) is 21.6 Å². The first-order valence-corrected chi connectivity index (χ1v) is 6.95. The lowest BCUT2D eigenvalue weighted by Gasteiger charge is -2.23. The minimum Gasteiger partial charge on any atom is -0.398 e. The molecule has 0 aromatic heterocycles. The van der Waals surface area contributed by atoms with Crippen LogP contribution in [0.25, 0.3) is 0 Å². The number of anilines is 1. The number of benzene rings is 1. The van der Waals surface area contributed by atoms with Crippen molar-refractivity contribution in [1.82, 2.24) is 4.31 Å². The summed E-state index contributed by atoms with van der Waals surface area (Å²) in [5.41, 5.74) is 5.84. The number of aryl methyl sites for hydroxylation is 1. The van der Waals surface area contributed by atoms with E-state index in [0.29, 0.717) is 9.87 Å². The molecule has 19 heavy (non-hydrogen) atoms. The molecule has 0 atom stereocenters. The number of nitrogen functional groups attached to an aromatic ring is 1. The highest BCUT2D eigenvalue weighted by Crippen LogP contribution is 2.28. The minimum atomic E-state index is -4.60. The first-order chi connectivity index (χ1) is 8.59. The first kappa shape index (κ1) is 15.8. The van der Waals surface area contributed by atoms with E-state index < -0.39 is 22.7 Å². The molecule has 2 N–H and O–H groups in total. The van der Waals surface area contributed by atoms with Crippen LogP contribution in [0.4, 0.5) is 18.9 Å². The number of halogens is 3. The molecule has 0 aliphatic heterocycles. The van der Waals surface area contributed by atoms with Gasteiger partial charge in [-0.05, 0) is 18.6 Å². The highest BCUT2D eigenvalue weighted by atomic mass is 32.2. The lowest BCUT2D eigenvalue weighted by Crippen LogP contribution is -2.39. The molecule has 0 saturated carbocycles. The summed E-state index contributed by atoms with van der Waals surface area (Å²) in [6.45, 7) is 1.03. The van der Waals surface area contributed by atoms with Crippen LogP contribution in [0.1, 0.15) is 12.5 Å². The maximum atomic E-state index is 12.4. The molecule has 1 rings (SSSR count). The van der Waals surface area contributed by atoms with Gasteiger partial charge >= 0.3 is 6.18 Å². The second kappa shape index (κ2) is 5.38. The smallest absolute Gasteiger partial charge is 0.398 e. The van der Waals surface area contributed by atoms with E-state index in [1.807, 2.05) is 0 Å². The van der Waals surface area contributed by atoms with Crippen molar-refractivity contribution >= 4 is 15.7 Å². The fourth-order valence-corrected chi connectivity index (χ4v) is 3.48. The van der Waals surface area contributed by atoms with E-state index in [-0.39, 0.29) is 17.1 Å². The average Bonchev–Trinajstić information content (AvgIpc) is 2.23. The fourth-order valence-electron chi connectivity index (χ4n) is 1.72. The number of rotatable bonds is 4. The molecule has 0 aliphatic rings. The van der Waals surface area contributed by atoms with Crippen LogP contribution in [0.5, 0.6) is 0 Å². The fraction of sp³-hybridized carbons (Fsp3) is 0.455. The highest BCUT2D eigenvalue weighted by molar-refractivity contribution is 7.89. The number of hydrogen-bond donors (Lipinski definition) is 1. The molecular weight excluding hydrogens is 281 g/mol. The molecule has 0 amide bonds. The zero-order valence-electron chi connectivity index (χ0n) is 10.5. The Labute approximate surface area is 110 Å². The van der Waals surface area contributed by atoms with Gasteiger partial charge in [0, 0.05) is 6.54 Å². The van der Waals surface area contributed by atoms with Crippen molar-refractivity contribution in [1.29, 1.82) is 0 Å². The Kier molecular flexibility index (Phi) is 4.46. The van der Waals surface area contributed by atoms with Crippen LogP contribution >= 0.6 is 0 Å². The topological polar surface area (TPSA) is 63.4 Å². The molecule has 0 fully saturated rings. The van der Waals surface area contributed by atoms with Crippen LogP contribution < -0.4 is 5.73 Å². The molecule has 4 nitrogen and oxygen atoms in total. The van der Waals surface area contributed by atoms with Crippen LogP contribution in [0.15, 0.2) is 23.1 Å². The zero-order chi connectivity index (χ0) is 14.8. The normalized spacial score (nSPS) is 12.9. The van der Waals surface area contributed by atoms with Crippen molar-refractivity contribution in [3.63, 3.8) is 0 Å². The molecule has 0 radical (unpaired) electrons. The predicted octanol–water partition coefficient (Wildman–Crippen LogP) is 2.15. The molecule has 108 valence electrons. The summed E-state index contributed by atoms with van der Waals surface area (Å²) >= 11 is 0. The third-order valence-corrected chi connectivity index (χ3v) is 4.69. The summed E-state index contributed by atoms with van der Waals surface area (Å²) in [6, 6.07) is 4.38. The van der Waals surface area contributed by atoms with Gasteiger partial charge < -0.3 is 5.73 Å². The van der Waals surface area contributed by atoms with Gasteiger partial charge in [0.1, 0.15) is 11.4 Å². The van der Waals surface area contributed by atoms with E-state index in [4.69, 9.17) is 5.73 Å². The molecule has 0 bridgehead atoms. The summed E-state index contributed by atoms with van der Waals surface area (Å²) < 4.78 is 62.0. The number of alkyl halides is 3. The van der Waals surface area contributed by atoms with Crippen molar-refractivity contribution in [3.05, 3.63) is 23.8 Å². The van der Waals surface area contributed by atoms with E-state index in [1.165, 1.54) is 26.0 Å². The van der Waals surface area contributed by atoms with E-state index >= 15 is 0 Å². The molecule has 0 unspecified atom stereocenters. The average molecular weight is 296 g/mol. The molecule has 0 saturated heterocycles. The van der Waals surface area contributed by atoms with Gasteiger partial charge in [-0.1, -0.05) is 19.1 Å². The Bertz CT molecular complexity index is 535. The summed E-state index contributed by atoms with van der Waals surface area (Å²) in [4.78, 5) is -0.263. The summed E-state index contributed by atoms with van der Waals surface area (Å²) in [7, 11) is -4.26. The standard InChI is InChI=1S/C11H15F3N2O2S/c1-3-16(7-11(12,13)14)19(17,18)10-8(2)5-4-6-9(10)15/h4-6H,3,7,15H2,1-2H3. The third kappa shape index (κ3) is 3.60. The number of sulfonamides is 1. The molecule has 8 heteroatoms. The largest absolute Gasteiger partial charge is 0.402 e. The Morgan fingerprint density at radius 1 is 1.32 bits per heavy atom. The molecule has 1 aromatic rings. The number of hydrogen-bond acceptors (Lipinski definition) is 3. The first-order valence-electron chi connectivity index (χ1n) is 5.51. The van der Waals surface area contributed by atoms with Crippen LogP contribution in [0.2, 0.25) is 0 Å². The van der Waals surface area contributed by atoms with Gasteiger partial charge in [0.25, 0.3) is 0 Å². The monoisotopic (exact) mass is 296 g/mol. The van der Waals surface area contributed by atoms with Crippen molar-refractivity contribution in [2.45, 2.75) is 24.9 Å². The highest BCUT2D eigenvalue weighted by Gasteiger charge is 2.37. The van der Waals surface area contributed by atoms with Crippen molar-refractivity contribution < 1.29 is 21.6 Å². The van der Waals surface area contributed by atoms with E-state index in [2.05, 4.69) is 0 Å². The van der Waals surface area contributed by atoms with Gasteiger partial charge in [-0.15, -0.1) is 0 Å². The molecular formula is C11H15F3N2O2S. The van der Waals surface area contributed by atoms with E-state index in [1.54, 1.807) is 6.07 Å². The Balaban J connectivity index is 3.29. The summed E-state index contributed by atoms with van der Waals surface area (Å²) in [5.74, 6) is 0. The van der Waals surface area contributed by atoms with Crippen molar-refractivity contribution in [2.24, 2.45) is 0 Å². The van der Waals surface area contributed by atoms with Gasteiger partial charge in [0.15, 0.2) is 0 Å². The summed E-state index contributed by atoms with van der Waals surface area (Å²) in [5, 5.41) is 0. The molecule has 0 heterocycles. The Morgan fingerprint density at radius 3 is 2.32 bits per heavy atom. The maximum absolute atomic E-state index is 12.4. The van der Waals surface area contributed by atoms with Gasteiger partial charge in [0.2, 0.25) is 10.0 Å². The van der Waals surface area contributed by atoms with Gasteiger partial charge in [0.05, 0.1) is 5.69 Å². The third-order valence-electron chi connectivity index (χ3n) is 2.55. The van der Waals surface area contributed by atoms with Gasteiger partial charge in [-0.25, -0.2) is 8.42 Å². The van der Waals surface area contributed by atoms with Crippen molar-refractivity contribution in [2.75, 3.05) is 18.8 Å². The van der Waals surface area contributed by atoms with Gasteiger partial charge in [-0.3, -0.25) is 0 Å². The quantitative estimate of drug-likeness (QED) is 0.866. The zero-order valence-corrected chi connectivity index (χ0v) is 11.3. The molecule has 0 spiro atoms. The number of nitrogens with two attached hydrogens (primary N) is 1. The SMILES string of the molecule is CCN(CC(F)(F)F)S(=O)(=O)c1c(C)cccc1N. The van der Waals surface area contributed by atoms with E-state index in [0.717, 1.165) is 0 Å². The Hall–Kier alpha value is -1.28.